The van der Waals surface area contributed by atoms with Gasteiger partial charge in [0, 0.05) is 28.3 Å². The van der Waals surface area contributed by atoms with Crippen LogP contribution in [-0.4, -0.2) is 27.8 Å². The number of hydrogen-bond acceptors (Lipinski definition) is 5. The Bertz CT molecular complexity index is 1030. The van der Waals surface area contributed by atoms with E-state index in [-0.39, 0.29) is 16.9 Å². The Balaban J connectivity index is 2.60. The van der Waals surface area contributed by atoms with Gasteiger partial charge in [0.05, 0.1) is 4.92 Å². The van der Waals surface area contributed by atoms with Crippen molar-refractivity contribution in [1.29, 1.82) is 0 Å². The quantitative estimate of drug-likeness (QED) is 0.507. The summed E-state index contributed by atoms with van der Waals surface area (Å²) in [5, 5.41) is 16.7. The van der Waals surface area contributed by atoms with Gasteiger partial charge in [-0.1, -0.05) is 0 Å². The molecule has 0 aromatic heterocycles. The van der Waals surface area contributed by atoms with Crippen LogP contribution in [0.2, 0.25) is 0 Å². The van der Waals surface area contributed by atoms with Crippen LogP contribution in [-0.2, 0) is 0 Å². The Morgan fingerprint density at radius 2 is 1.38 bits per heavy atom. The molecule has 0 radical (unpaired) electrons. The maximum absolute atomic E-state index is 14.3. The monoisotopic (exact) mass is 449 g/mol. The minimum Gasteiger partial charge on any atom is -0.447 e. The highest BCUT2D eigenvalue weighted by molar-refractivity contribution is 6.00. The topological polar surface area (TPSA) is 111 Å². The second kappa shape index (κ2) is 8.89. The van der Waals surface area contributed by atoms with E-state index in [0.29, 0.717) is 6.07 Å². The van der Waals surface area contributed by atoms with Gasteiger partial charge in [-0.3, -0.25) is 19.7 Å². The molecule has 2 aromatic rings. The van der Waals surface area contributed by atoms with Crippen molar-refractivity contribution in [2.24, 2.45) is 0 Å². The molecule has 0 saturated carbocycles. The standard InChI is InChI=1S/C22H25F2N3O5/c1-21(2,3)25-19(28)12-9-13(20(29)26-22(4,5)6)11-14(10-12)32-18-16(27(30)31)8-7-15(23)17(18)24/h7-11H,1-6H3,(H,25,28)(H,26,29). The van der Waals surface area contributed by atoms with E-state index in [0.717, 1.165) is 6.07 Å². The smallest absolute Gasteiger partial charge is 0.314 e. The number of ether oxygens (including phenoxy) is 1. The summed E-state index contributed by atoms with van der Waals surface area (Å²) in [6.07, 6.45) is 0. The van der Waals surface area contributed by atoms with Crippen molar-refractivity contribution in [1.82, 2.24) is 10.6 Å². The van der Waals surface area contributed by atoms with Crippen molar-refractivity contribution in [2.75, 3.05) is 0 Å². The molecule has 32 heavy (non-hydrogen) atoms. The third-order valence-electron chi connectivity index (χ3n) is 3.85. The third kappa shape index (κ3) is 6.47. The number of nitro benzene ring substituents is 1. The Labute approximate surface area is 184 Å². The van der Waals surface area contributed by atoms with Gasteiger partial charge in [-0.05, 0) is 65.8 Å². The van der Waals surface area contributed by atoms with Gasteiger partial charge in [0.15, 0.2) is 5.82 Å². The van der Waals surface area contributed by atoms with Crippen molar-refractivity contribution in [2.45, 2.75) is 52.6 Å². The molecule has 0 spiro atoms. The van der Waals surface area contributed by atoms with Gasteiger partial charge in [-0.25, -0.2) is 4.39 Å². The van der Waals surface area contributed by atoms with Crippen LogP contribution in [0.4, 0.5) is 14.5 Å². The second-order valence-corrected chi connectivity index (χ2v) is 9.22. The van der Waals surface area contributed by atoms with Crippen molar-refractivity contribution in [3.05, 3.63) is 63.2 Å². The van der Waals surface area contributed by atoms with Crippen molar-refractivity contribution >= 4 is 17.5 Å². The van der Waals surface area contributed by atoms with Gasteiger partial charge < -0.3 is 15.4 Å². The number of rotatable bonds is 5. The van der Waals surface area contributed by atoms with Crippen LogP contribution in [0.1, 0.15) is 62.3 Å². The summed E-state index contributed by atoms with van der Waals surface area (Å²) in [7, 11) is 0. The molecule has 8 nitrogen and oxygen atoms in total. The largest absolute Gasteiger partial charge is 0.447 e. The number of halogens is 2. The molecular formula is C22H25F2N3O5. The van der Waals surface area contributed by atoms with Gasteiger partial charge in [0.1, 0.15) is 5.75 Å². The predicted molar refractivity (Wildman–Crippen MR) is 114 cm³/mol. The number of benzene rings is 2. The molecule has 0 unspecified atom stereocenters. The first-order valence-corrected chi connectivity index (χ1v) is 9.68. The van der Waals surface area contributed by atoms with Crippen LogP contribution >= 0.6 is 0 Å². The highest BCUT2D eigenvalue weighted by atomic mass is 19.2. The SMILES string of the molecule is CC(C)(C)NC(=O)c1cc(Oc2c([N+](=O)[O-])ccc(F)c2F)cc(C(=O)NC(C)(C)C)c1. The maximum atomic E-state index is 14.3. The molecule has 0 aliphatic carbocycles. The number of carbonyl (C=O) groups excluding carboxylic acids is 2. The minimum atomic E-state index is -1.57. The van der Waals surface area contributed by atoms with Gasteiger partial charge >= 0.3 is 5.69 Å². The van der Waals surface area contributed by atoms with Gasteiger partial charge in [-0.15, -0.1) is 0 Å². The fourth-order valence-electron chi connectivity index (χ4n) is 2.63. The molecule has 2 aromatic carbocycles. The van der Waals surface area contributed by atoms with Gasteiger partial charge in [-0.2, -0.15) is 4.39 Å². The molecule has 0 aliphatic rings. The van der Waals surface area contributed by atoms with E-state index >= 15 is 0 Å². The number of carbonyl (C=O) groups is 2. The van der Waals surface area contributed by atoms with Gasteiger partial charge in [0.2, 0.25) is 11.6 Å². The van der Waals surface area contributed by atoms with Crippen molar-refractivity contribution in [3.63, 3.8) is 0 Å². The summed E-state index contributed by atoms with van der Waals surface area (Å²) in [6.45, 7) is 10.5. The molecule has 2 N–H and O–H groups in total. The first-order valence-electron chi connectivity index (χ1n) is 9.68. The third-order valence-corrected chi connectivity index (χ3v) is 3.85. The number of amides is 2. The molecular weight excluding hydrogens is 424 g/mol. The van der Waals surface area contributed by atoms with Crippen LogP contribution in [0, 0.1) is 21.7 Å². The van der Waals surface area contributed by atoms with Crippen molar-refractivity contribution < 1.29 is 28.0 Å². The lowest BCUT2D eigenvalue weighted by Gasteiger charge is -2.22. The normalized spacial score (nSPS) is 11.6. The lowest BCUT2D eigenvalue weighted by Crippen LogP contribution is -2.41. The zero-order valence-electron chi connectivity index (χ0n) is 18.6. The predicted octanol–water partition coefficient (Wildman–Crippen LogP) is 4.72. The van der Waals surface area contributed by atoms with Crippen LogP contribution in [0.3, 0.4) is 0 Å². The maximum Gasteiger partial charge on any atom is 0.314 e. The Hall–Kier alpha value is -3.56. The molecule has 2 rings (SSSR count). The minimum absolute atomic E-state index is 0.00375. The average Bonchev–Trinajstić information content (AvgIpc) is 2.62. The summed E-state index contributed by atoms with van der Waals surface area (Å²) < 4.78 is 33.3. The summed E-state index contributed by atoms with van der Waals surface area (Å²) >= 11 is 0. The Morgan fingerprint density at radius 3 is 1.78 bits per heavy atom. The number of nitrogens with zero attached hydrogens (tertiary/aromatic N) is 1. The van der Waals surface area contributed by atoms with Crippen LogP contribution in [0.5, 0.6) is 11.5 Å². The van der Waals surface area contributed by atoms with E-state index in [1.54, 1.807) is 41.5 Å². The molecule has 0 atom stereocenters. The molecule has 0 bridgehead atoms. The molecule has 0 fully saturated rings. The second-order valence-electron chi connectivity index (χ2n) is 9.22. The lowest BCUT2D eigenvalue weighted by atomic mass is 10.0. The fourth-order valence-corrected chi connectivity index (χ4v) is 2.63. The van der Waals surface area contributed by atoms with Crippen LogP contribution in [0.25, 0.3) is 0 Å². The first kappa shape index (κ1) is 24.7. The zero-order valence-corrected chi connectivity index (χ0v) is 18.6. The van der Waals surface area contributed by atoms with Crippen molar-refractivity contribution in [3.8, 4) is 11.5 Å². The highest BCUT2D eigenvalue weighted by Crippen LogP contribution is 2.36. The summed E-state index contributed by atoms with van der Waals surface area (Å²) in [4.78, 5) is 35.7. The average molecular weight is 449 g/mol. The summed E-state index contributed by atoms with van der Waals surface area (Å²) in [6, 6.07) is 5.05. The first-order chi connectivity index (χ1) is 14.6. The van der Waals surface area contributed by atoms with Gasteiger partial charge in [0.25, 0.3) is 11.8 Å². The van der Waals surface area contributed by atoms with E-state index in [4.69, 9.17) is 4.74 Å². The van der Waals surface area contributed by atoms with E-state index in [9.17, 15) is 28.5 Å². The number of hydrogen-bond donors (Lipinski definition) is 2. The summed E-state index contributed by atoms with van der Waals surface area (Å²) in [5.74, 6) is -5.24. The van der Waals surface area contributed by atoms with Crippen LogP contribution < -0.4 is 15.4 Å². The Morgan fingerprint density at radius 1 is 0.906 bits per heavy atom. The highest BCUT2D eigenvalue weighted by Gasteiger charge is 2.26. The fraction of sp³-hybridized carbons (Fsp3) is 0.364. The number of nitrogens with one attached hydrogen (secondary N) is 2. The lowest BCUT2D eigenvalue weighted by molar-refractivity contribution is -0.385. The Kier molecular flexibility index (Phi) is 6.87. The van der Waals surface area contributed by atoms with E-state index < -0.39 is 50.9 Å². The molecule has 0 heterocycles. The molecule has 0 saturated heterocycles. The number of nitro groups is 1. The zero-order chi connectivity index (χ0) is 24.4. The molecule has 0 aliphatic heterocycles. The molecule has 172 valence electrons. The molecule has 10 heteroatoms. The van der Waals surface area contributed by atoms with E-state index in [1.165, 1.54) is 18.2 Å². The van der Waals surface area contributed by atoms with E-state index in [1.807, 2.05) is 0 Å². The van der Waals surface area contributed by atoms with E-state index in [2.05, 4.69) is 10.6 Å². The van der Waals surface area contributed by atoms with Crippen LogP contribution in [0.15, 0.2) is 30.3 Å². The molecule has 2 amide bonds. The summed E-state index contributed by atoms with van der Waals surface area (Å²) in [5.41, 5.74) is -2.02.